The van der Waals surface area contributed by atoms with E-state index in [4.69, 9.17) is 15.2 Å². The van der Waals surface area contributed by atoms with Gasteiger partial charge in [-0.3, -0.25) is 0 Å². The van der Waals surface area contributed by atoms with Gasteiger partial charge < -0.3 is 15.2 Å². The Bertz CT molecular complexity index is 214. The molecule has 0 saturated carbocycles. The first-order valence-electron chi connectivity index (χ1n) is 6.31. The Labute approximate surface area is 102 Å². The molecule has 2 aliphatic heterocycles. The van der Waals surface area contributed by atoms with E-state index in [-0.39, 0.29) is 5.60 Å². The second kappa shape index (κ2) is 5.71. The molecule has 0 bridgehead atoms. The van der Waals surface area contributed by atoms with Gasteiger partial charge in [-0.15, -0.1) is 0 Å². The van der Waals surface area contributed by atoms with E-state index in [2.05, 4.69) is 6.92 Å². The molecule has 2 saturated heterocycles. The molecule has 16 heavy (non-hydrogen) atoms. The van der Waals surface area contributed by atoms with Crippen LogP contribution in [0.5, 0.6) is 0 Å². The van der Waals surface area contributed by atoms with E-state index in [0.717, 1.165) is 44.5 Å². The highest BCUT2D eigenvalue weighted by Crippen LogP contribution is 2.39. The minimum Gasteiger partial charge on any atom is -0.381 e. The maximum absolute atomic E-state index is 6.03. The molecule has 4 heteroatoms. The van der Waals surface area contributed by atoms with Gasteiger partial charge in [0.25, 0.3) is 0 Å². The number of rotatable bonds is 3. The van der Waals surface area contributed by atoms with Crippen LogP contribution in [-0.4, -0.2) is 42.5 Å². The van der Waals surface area contributed by atoms with Gasteiger partial charge in [-0.05, 0) is 25.7 Å². The summed E-state index contributed by atoms with van der Waals surface area (Å²) in [6, 6.07) is 0. The lowest BCUT2D eigenvalue weighted by Crippen LogP contribution is -2.45. The van der Waals surface area contributed by atoms with Crippen LogP contribution in [0.2, 0.25) is 0 Å². The molecule has 0 aromatic carbocycles. The van der Waals surface area contributed by atoms with Crippen LogP contribution >= 0.6 is 11.8 Å². The summed E-state index contributed by atoms with van der Waals surface area (Å²) < 4.78 is 11.5. The minimum absolute atomic E-state index is 0.127. The van der Waals surface area contributed by atoms with Gasteiger partial charge in [0.15, 0.2) is 0 Å². The highest BCUT2D eigenvalue weighted by atomic mass is 32.2. The molecule has 0 aromatic heterocycles. The normalized spacial score (nSPS) is 31.5. The van der Waals surface area contributed by atoms with E-state index in [9.17, 15) is 0 Å². The molecule has 2 N–H and O–H groups in total. The van der Waals surface area contributed by atoms with Gasteiger partial charge >= 0.3 is 0 Å². The Balaban J connectivity index is 1.87. The zero-order valence-corrected chi connectivity index (χ0v) is 10.9. The van der Waals surface area contributed by atoms with E-state index in [1.54, 1.807) is 0 Å². The molecule has 2 atom stereocenters. The van der Waals surface area contributed by atoms with Gasteiger partial charge in [0, 0.05) is 36.9 Å². The Hall–Kier alpha value is 0.230. The van der Waals surface area contributed by atoms with E-state index in [1.165, 1.54) is 12.8 Å². The standard InChI is InChI=1S/C12H23NO2S/c1-10(9-13)16-11-2-5-15-12(8-11)3-6-14-7-4-12/h10-11H,2-9,13H2,1H3. The Morgan fingerprint density at radius 3 is 2.81 bits per heavy atom. The lowest BCUT2D eigenvalue weighted by molar-refractivity contribution is -0.131. The van der Waals surface area contributed by atoms with Crippen LogP contribution < -0.4 is 5.73 Å². The molecule has 0 aliphatic carbocycles. The third kappa shape index (κ3) is 3.13. The molecular formula is C12H23NO2S. The van der Waals surface area contributed by atoms with E-state index in [0.29, 0.717) is 5.25 Å². The number of ether oxygens (including phenoxy) is 2. The van der Waals surface area contributed by atoms with Gasteiger partial charge in [-0.25, -0.2) is 0 Å². The Kier molecular flexibility index (Phi) is 4.53. The van der Waals surface area contributed by atoms with Crippen molar-refractivity contribution in [1.29, 1.82) is 0 Å². The Morgan fingerprint density at radius 1 is 1.38 bits per heavy atom. The van der Waals surface area contributed by atoms with Crippen LogP contribution in [-0.2, 0) is 9.47 Å². The van der Waals surface area contributed by atoms with Gasteiger partial charge in [-0.2, -0.15) is 11.8 Å². The molecule has 2 heterocycles. The third-order valence-corrected chi connectivity index (χ3v) is 5.05. The lowest BCUT2D eigenvalue weighted by atomic mass is 9.86. The zero-order valence-electron chi connectivity index (χ0n) is 10.1. The van der Waals surface area contributed by atoms with Crippen molar-refractivity contribution in [3.63, 3.8) is 0 Å². The summed E-state index contributed by atoms with van der Waals surface area (Å²) in [4.78, 5) is 0. The van der Waals surface area contributed by atoms with Crippen LogP contribution in [0.3, 0.4) is 0 Å². The van der Waals surface area contributed by atoms with Crippen LogP contribution in [0, 0.1) is 0 Å². The fourth-order valence-corrected chi connectivity index (χ4v) is 3.98. The average Bonchev–Trinajstić information content (AvgIpc) is 2.30. The smallest absolute Gasteiger partial charge is 0.0736 e. The first-order chi connectivity index (χ1) is 7.74. The lowest BCUT2D eigenvalue weighted by Gasteiger charge is -2.43. The van der Waals surface area contributed by atoms with E-state index < -0.39 is 0 Å². The quantitative estimate of drug-likeness (QED) is 0.823. The second-order valence-electron chi connectivity index (χ2n) is 4.94. The van der Waals surface area contributed by atoms with Gasteiger partial charge in [0.2, 0.25) is 0 Å². The topological polar surface area (TPSA) is 44.5 Å². The van der Waals surface area contributed by atoms with Crippen LogP contribution in [0.4, 0.5) is 0 Å². The summed E-state index contributed by atoms with van der Waals surface area (Å²) in [7, 11) is 0. The fraction of sp³-hybridized carbons (Fsp3) is 1.00. The van der Waals surface area contributed by atoms with Crippen molar-refractivity contribution >= 4 is 11.8 Å². The first kappa shape index (κ1) is 12.7. The summed E-state index contributed by atoms with van der Waals surface area (Å²) in [5, 5.41) is 1.30. The molecule has 94 valence electrons. The molecule has 2 fully saturated rings. The number of hydrogen-bond donors (Lipinski definition) is 1. The Morgan fingerprint density at radius 2 is 2.12 bits per heavy atom. The second-order valence-corrected chi connectivity index (χ2v) is 6.68. The maximum Gasteiger partial charge on any atom is 0.0736 e. The largest absolute Gasteiger partial charge is 0.381 e. The van der Waals surface area contributed by atoms with Crippen molar-refractivity contribution in [2.45, 2.75) is 48.7 Å². The zero-order chi connectivity index (χ0) is 11.4. The third-order valence-electron chi connectivity index (χ3n) is 3.61. The SMILES string of the molecule is CC(CN)SC1CCOC2(CCOCC2)C1. The molecule has 3 nitrogen and oxygen atoms in total. The average molecular weight is 245 g/mol. The van der Waals surface area contributed by atoms with Crippen molar-refractivity contribution in [3.05, 3.63) is 0 Å². The summed E-state index contributed by atoms with van der Waals surface area (Å²) in [5.41, 5.74) is 5.81. The van der Waals surface area contributed by atoms with Crippen LogP contribution in [0.1, 0.15) is 32.6 Å². The molecule has 1 spiro atoms. The van der Waals surface area contributed by atoms with Crippen molar-refractivity contribution in [1.82, 2.24) is 0 Å². The number of thioether (sulfide) groups is 1. The van der Waals surface area contributed by atoms with Gasteiger partial charge in [0.1, 0.15) is 0 Å². The highest BCUT2D eigenvalue weighted by molar-refractivity contribution is 8.00. The summed E-state index contributed by atoms with van der Waals surface area (Å²) >= 11 is 2.04. The first-order valence-corrected chi connectivity index (χ1v) is 7.26. The predicted octanol–water partition coefficient (Wildman–Crippen LogP) is 1.79. The summed E-state index contributed by atoms with van der Waals surface area (Å²) in [6.45, 7) is 5.64. The molecule has 2 unspecified atom stereocenters. The molecule has 0 aromatic rings. The van der Waals surface area contributed by atoms with E-state index >= 15 is 0 Å². The number of hydrogen-bond acceptors (Lipinski definition) is 4. The van der Waals surface area contributed by atoms with Crippen molar-refractivity contribution in [3.8, 4) is 0 Å². The van der Waals surface area contributed by atoms with Crippen molar-refractivity contribution < 1.29 is 9.47 Å². The van der Waals surface area contributed by atoms with Gasteiger partial charge in [0.05, 0.1) is 5.60 Å². The fourth-order valence-electron chi connectivity index (χ4n) is 2.57. The predicted molar refractivity (Wildman–Crippen MR) is 67.9 cm³/mol. The van der Waals surface area contributed by atoms with Crippen LogP contribution in [0.25, 0.3) is 0 Å². The summed E-state index contributed by atoms with van der Waals surface area (Å²) in [6.07, 6.45) is 4.51. The van der Waals surface area contributed by atoms with Crippen LogP contribution in [0.15, 0.2) is 0 Å². The molecule has 0 amide bonds. The maximum atomic E-state index is 6.03. The molecule has 2 rings (SSSR count). The molecule has 0 radical (unpaired) electrons. The molecule has 2 aliphatic rings. The highest BCUT2D eigenvalue weighted by Gasteiger charge is 2.39. The van der Waals surface area contributed by atoms with Crippen molar-refractivity contribution in [2.75, 3.05) is 26.4 Å². The number of nitrogens with two attached hydrogens (primary N) is 1. The minimum atomic E-state index is 0.127. The van der Waals surface area contributed by atoms with Gasteiger partial charge in [-0.1, -0.05) is 6.92 Å². The molecular weight excluding hydrogens is 222 g/mol. The van der Waals surface area contributed by atoms with E-state index in [1.807, 2.05) is 11.8 Å². The monoisotopic (exact) mass is 245 g/mol. The van der Waals surface area contributed by atoms with Crippen molar-refractivity contribution in [2.24, 2.45) is 5.73 Å². The summed E-state index contributed by atoms with van der Waals surface area (Å²) in [5.74, 6) is 0.